The van der Waals surface area contributed by atoms with Crippen molar-refractivity contribution >= 4 is 11.7 Å². The van der Waals surface area contributed by atoms with Gasteiger partial charge in [0, 0.05) is 5.92 Å². The third-order valence-electron chi connectivity index (χ3n) is 3.37. The summed E-state index contributed by atoms with van der Waals surface area (Å²) in [5.41, 5.74) is 5.09. The van der Waals surface area contributed by atoms with Crippen LogP contribution in [0.2, 0.25) is 0 Å². The average Bonchev–Trinajstić information content (AvgIpc) is 2.99. The molecule has 0 aromatic heterocycles. The van der Waals surface area contributed by atoms with Gasteiger partial charge < -0.3 is 16.3 Å². The van der Waals surface area contributed by atoms with Crippen molar-refractivity contribution in [2.45, 2.75) is 44.1 Å². The third-order valence-corrected chi connectivity index (χ3v) is 3.37. The Morgan fingerprint density at radius 3 is 2.47 bits per heavy atom. The predicted octanol–water partition coefficient (Wildman–Crippen LogP) is 0.572. The summed E-state index contributed by atoms with van der Waals surface area (Å²) in [5, 5.41) is 14.7. The summed E-state index contributed by atoms with van der Waals surface area (Å²) in [6.45, 7) is 0. The monoisotopic (exact) mass is 211 g/mol. The number of nitrogens with two attached hydrogens (primary N) is 1. The van der Waals surface area contributed by atoms with E-state index in [0.717, 1.165) is 38.5 Å². The van der Waals surface area contributed by atoms with E-state index < -0.39 is 5.54 Å². The highest BCUT2D eigenvalue weighted by Crippen LogP contribution is 2.34. The van der Waals surface area contributed by atoms with Crippen molar-refractivity contribution in [3.63, 3.8) is 0 Å². The summed E-state index contributed by atoms with van der Waals surface area (Å²) >= 11 is 0. The number of amides is 1. The molecule has 2 saturated carbocycles. The third kappa shape index (κ3) is 1.91. The van der Waals surface area contributed by atoms with Crippen LogP contribution in [0.5, 0.6) is 0 Å². The zero-order valence-corrected chi connectivity index (χ0v) is 8.70. The fraction of sp³-hybridized carbons (Fsp3) is 0.800. The molecule has 15 heavy (non-hydrogen) atoms. The summed E-state index contributed by atoms with van der Waals surface area (Å²) in [7, 11) is 0. The number of amidine groups is 1. The number of oxime groups is 1. The molecular formula is C10H17N3O2. The molecule has 0 unspecified atom stereocenters. The van der Waals surface area contributed by atoms with Crippen LogP contribution in [-0.2, 0) is 4.79 Å². The molecule has 1 amide bonds. The Kier molecular flexibility index (Phi) is 2.54. The van der Waals surface area contributed by atoms with Crippen LogP contribution >= 0.6 is 0 Å². The van der Waals surface area contributed by atoms with Gasteiger partial charge in [0.15, 0.2) is 5.84 Å². The summed E-state index contributed by atoms with van der Waals surface area (Å²) < 4.78 is 0. The van der Waals surface area contributed by atoms with Crippen molar-refractivity contribution < 1.29 is 10.0 Å². The summed E-state index contributed by atoms with van der Waals surface area (Å²) in [6, 6.07) is 0. The quantitative estimate of drug-likeness (QED) is 0.276. The molecule has 5 nitrogen and oxygen atoms in total. The molecular weight excluding hydrogens is 194 g/mol. The average molecular weight is 211 g/mol. The molecule has 0 spiro atoms. The van der Waals surface area contributed by atoms with Gasteiger partial charge in [0.1, 0.15) is 5.54 Å². The van der Waals surface area contributed by atoms with Crippen LogP contribution in [0.3, 0.4) is 0 Å². The van der Waals surface area contributed by atoms with Crippen molar-refractivity contribution in [3.05, 3.63) is 0 Å². The van der Waals surface area contributed by atoms with E-state index in [0.29, 0.717) is 0 Å². The molecule has 84 valence electrons. The normalized spacial score (nSPS) is 25.2. The largest absolute Gasteiger partial charge is 0.409 e. The first-order chi connectivity index (χ1) is 7.18. The van der Waals surface area contributed by atoms with Crippen LogP contribution in [0, 0.1) is 5.92 Å². The van der Waals surface area contributed by atoms with E-state index in [9.17, 15) is 4.79 Å². The van der Waals surface area contributed by atoms with Gasteiger partial charge in [-0.3, -0.25) is 4.79 Å². The minimum absolute atomic E-state index is 0.0588. The molecule has 2 fully saturated rings. The van der Waals surface area contributed by atoms with E-state index in [1.54, 1.807) is 0 Å². The SMILES string of the molecule is N/C(=N/O)C1(NC(=O)C2CC2)CCCC1. The van der Waals surface area contributed by atoms with E-state index in [1.807, 2.05) is 0 Å². The molecule has 5 heteroatoms. The van der Waals surface area contributed by atoms with E-state index in [1.165, 1.54) is 0 Å². The van der Waals surface area contributed by atoms with Gasteiger partial charge in [0.2, 0.25) is 5.91 Å². The van der Waals surface area contributed by atoms with E-state index >= 15 is 0 Å². The van der Waals surface area contributed by atoms with E-state index in [-0.39, 0.29) is 17.7 Å². The molecule has 0 bridgehead atoms. The smallest absolute Gasteiger partial charge is 0.223 e. The first-order valence-electron chi connectivity index (χ1n) is 5.48. The van der Waals surface area contributed by atoms with Crippen molar-refractivity contribution in [1.29, 1.82) is 0 Å². The maximum absolute atomic E-state index is 11.7. The summed E-state index contributed by atoms with van der Waals surface area (Å²) in [5.74, 6) is 0.367. The highest BCUT2D eigenvalue weighted by molar-refractivity contribution is 5.95. The molecule has 0 saturated heterocycles. The van der Waals surface area contributed by atoms with Crippen LogP contribution < -0.4 is 11.1 Å². The van der Waals surface area contributed by atoms with Gasteiger partial charge in [0.05, 0.1) is 0 Å². The molecule has 0 radical (unpaired) electrons. The number of nitrogens with zero attached hydrogens (tertiary/aromatic N) is 1. The standard InChI is InChI=1S/C10H17N3O2/c11-9(13-15)10(5-1-2-6-10)12-8(14)7-3-4-7/h7,15H,1-6H2,(H2,11,13)(H,12,14). The minimum atomic E-state index is -0.575. The number of hydrogen-bond donors (Lipinski definition) is 3. The van der Waals surface area contributed by atoms with Crippen molar-refractivity contribution in [1.82, 2.24) is 5.32 Å². The Morgan fingerprint density at radius 2 is 2.00 bits per heavy atom. The van der Waals surface area contributed by atoms with Crippen LogP contribution in [0.4, 0.5) is 0 Å². The molecule has 0 aromatic rings. The first-order valence-corrected chi connectivity index (χ1v) is 5.48. The number of nitrogens with one attached hydrogen (secondary N) is 1. The van der Waals surface area contributed by atoms with Crippen molar-refractivity contribution in [3.8, 4) is 0 Å². The van der Waals surface area contributed by atoms with Gasteiger partial charge >= 0.3 is 0 Å². The topological polar surface area (TPSA) is 87.7 Å². The van der Waals surface area contributed by atoms with Crippen LogP contribution in [0.1, 0.15) is 38.5 Å². The maximum atomic E-state index is 11.7. The second kappa shape index (κ2) is 3.72. The van der Waals surface area contributed by atoms with Crippen molar-refractivity contribution in [2.24, 2.45) is 16.8 Å². The fourth-order valence-corrected chi connectivity index (χ4v) is 2.20. The fourth-order valence-electron chi connectivity index (χ4n) is 2.20. The Hall–Kier alpha value is -1.26. The van der Waals surface area contributed by atoms with Crippen LogP contribution in [0.25, 0.3) is 0 Å². The Bertz CT molecular complexity index is 291. The minimum Gasteiger partial charge on any atom is -0.409 e. The number of rotatable bonds is 3. The molecule has 0 heterocycles. The highest BCUT2D eigenvalue weighted by Gasteiger charge is 2.42. The number of carbonyl (C=O) groups excluding carboxylic acids is 1. The number of carbonyl (C=O) groups is 1. The van der Waals surface area contributed by atoms with Gasteiger partial charge in [-0.15, -0.1) is 0 Å². The van der Waals surface area contributed by atoms with Gasteiger partial charge in [-0.25, -0.2) is 0 Å². The van der Waals surface area contributed by atoms with E-state index in [2.05, 4.69) is 10.5 Å². The Morgan fingerprint density at radius 1 is 1.40 bits per heavy atom. The molecule has 0 aliphatic heterocycles. The zero-order chi connectivity index (χ0) is 10.9. The molecule has 4 N–H and O–H groups in total. The lowest BCUT2D eigenvalue weighted by molar-refractivity contribution is -0.123. The molecule has 0 aromatic carbocycles. The lowest BCUT2D eigenvalue weighted by atomic mass is 9.95. The second-order valence-corrected chi connectivity index (χ2v) is 4.54. The van der Waals surface area contributed by atoms with Crippen LogP contribution in [-0.4, -0.2) is 22.5 Å². The Balaban J connectivity index is 2.08. The second-order valence-electron chi connectivity index (χ2n) is 4.54. The van der Waals surface area contributed by atoms with E-state index in [4.69, 9.17) is 10.9 Å². The van der Waals surface area contributed by atoms with Gasteiger partial charge in [-0.05, 0) is 25.7 Å². The summed E-state index contributed by atoms with van der Waals surface area (Å²) in [6.07, 6.45) is 5.53. The highest BCUT2D eigenvalue weighted by atomic mass is 16.4. The lowest BCUT2D eigenvalue weighted by Gasteiger charge is -2.28. The molecule has 2 aliphatic rings. The molecule has 0 atom stereocenters. The maximum Gasteiger partial charge on any atom is 0.223 e. The first kappa shape index (κ1) is 10.3. The van der Waals surface area contributed by atoms with Gasteiger partial charge in [-0.2, -0.15) is 0 Å². The summed E-state index contributed by atoms with van der Waals surface area (Å²) in [4.78, 5) is 11.7. The zero-order valence-electron chi connectivity index (χ0n) is 8.70. The van der Waals surface area contributed by atoms with Crippen molar-refractivity contribution in [2.75, 3.05) is 0 Å². The van der Waals surface area contributed by atoms with Gasteiger partial charge in [0.25, 0.3) is 0 Å². The Labute approximate surface area is 88.7 Å². The van der Waals surface area contributed by atoms with Gasteiger partial charge in [-0.1, -0.05) is 18.0 Å². The lowest BCUT2D eigenvalue weighted by Crippen LogP contribution is -2.56. The van der Waals surface area contributed by atoms with Crippen LogP contribution in [0.15, 0.2) is 5.16 Å². The molecule has 2 aliphatic carbocycles. The predicted molar refractivity (Wildman–Crippen MR) is 55.5 cm³/mol. The number of hydrogen-bond acceptors (Lipinski definition) is 3. The molecule has 2 rings (SSSR count).